The SMILES string of the molecule is CN(C(=O)CN(c1c(F)cccc1F)S(C)(=O)=O)C1CCS(=O)(=O)C1. The number of halogens is 2. The molecule has 1 atom stereocenters. The van der Waals surface area contributed by atoms with Gasteiger partial charge in [-0.1, -0.05) is 6.07 Å². The summed E-state index contributed by atoms with van der Waals surface area (Å²) in [5.41, 5.74) is -0.842. The molecule has 2 rings (SSSR count). The van der Waals surface area contributed by atoms with Crippen molar-refractivity contribution in [3.05, 3.63) is 29.8 Å². The number of amides is 1. The maximum atomic E-state index is 13.9. The summed E-state index contributed by atoms with van der Waals surface area (Å²) < 4.78 is 75.1. The minimum atomic E-state index is -4.15. The van der Waals surface area contributed by atoms with E-state index in [4.69, 9.17) is 0 Å². The van der Waals surface area contributed by atoms with Gasteiger partial charge in [0.1, 0.15) is 12.2 Å². The summed E-state index contributed by atoms with van der Waals surface area (Å²) in [6.45, 7) is -0.830. The van der Waals surface area contributed by atoms with Gasteiger partial charge in [-0.05, 0) is 18.6 Å². The summed E-state index contributed by atoms with van der Waals surface area (Å²) in [4.78, 5) is 13.5. The first-order chi connectivity index (χ1) is 11.4. The highest BCUT2D eigenvalue weighted by atomic mass is 32.2. The third-order valence-electron chi connectivity index (χ3n) is 4.02. The summed E-state index contributed by atoms with van der Waals surface area (Å²) in [6.07, 6.45) is 0.962. The zero-order valence-corrected chi connectivity index (χ0v) is 15.3. The summed E-state index contributed by atoms with van der Waals surface area (Å²) in [5, 5.41) is 0. The largest absolute Gasteiger partial charge is 0.340 e. The Hall–Kier alpha value is -1.75. The number of anilines is 1. The standard InChI is InChI=1S/C14H18F2N2O5S2/c1-17(10-6-7-25(22,23)9-10)13(19)8-18(24(2,20)21)14-11(15)4-3-5-12(14)16/h3-5,10H,6-9H2,1-2H3. The fourth-order valence-corrected chi connectivity index (χ4v) is 5.23. The van der Waals surface area contributed by atoms with Crippen LogP contribution in [0, 0.1) is 11.6 Å². The molecular formula is C14H18F2N2O5S2. The first-order valence-electron chi connectivity index (χ1n) is 7.30. The van der Waals surface area contributed by atoms with Crippen LogP contribution in [0.4, 0.5) is 14.5 Å². The Morgan fingerprint density at radius 2 is 1.84 bits per heavy atom. The highest BCUT2D eigenvalue weighted by Gasteiger charge is 2.35. The predicted octanol–water partition coefficient (Wildman–Crippen LogP) is 0.376. The van der Waals surface area contributed by atoms with Gasteiger partial charge in [0, 0.05) is 13.1 Å². The number of hydrogen-bond donors (Lipinski definition) is 0. The zero-order chi connectivity index (χ0) is 19.0. The van der Waals surface area contributed by atoms with E-state index in [1.54, 1.807) is 0 Å². The van der Waals surface area contributed by atoms with E-state index in [1.165, 1.54) is 7.05 Å². The molecule has 1 unspecified atom stereocenters. The minimum Gasteiger partial charge on any atom is -0.340 e. The molecule has 1 aromatic rings. The lowest BCUT2D eigenvalue weighted by Gasteiger charge is -2.28. The maximum absolute atomic E-state index is 13.9. The van der Waals surface area contributed by atoms with Crippen molar-refractivity contribution < 1.29 is 30.4 Å². The number of rotatable bonds is 5. The molecule has 0 aromatic heterocycles. The second-order valence-corrected chi connectivity index (χ2v) is 10.0. The number of para-hydroxylation sites is 1. The van der Waals surface area contributed by atoms with E-state index in [0.29, 0.717) is 4.31 Å². The maximum Gasteiger partial charge on any atom is 0.243 e. The van der Waals surface area contributed by atoms with Crippen LogP contribution in [0.5, 0.6) is 0 Å². The number of carbonyl (C=O) groups is 1. The molecule has 0 spiro atoms. The van der Waals surface area contributed by atoms with Crippen LogP contribution in [-0.2, 0) is 24.7 Å². The van der Waals surface area contributed by atoms with Crippen molar-refractivity contribution in [2.75, 3.05) is 35.7 Å². The van der Waals surface area contributed by atoms with Crippen LogP contribution >= 0.6 is 0 Å². The van der Waals surface area contributed by atoms with E-state index in [1.807, 2.05) is 0 Å². The molecule has 140 valence electrons. The molecule has 1 fully saturated rings. The number of hydrogen-bond acceptors (Lipinski definition) is 5. The van der Waals surface area contributed by atoms with Gasteiger partial charge >= 0.3 is 0 Å². The molecule has 0 radical (unpaired) electrons. The Morgan fingerprint density at radius 1 is 1.28 bits per heavy atom. The highest BCUT2D eigenvalue weighted by molar-refractivity contribution is 7.92. The molecule has 1 saturated heterocycles. The normalized spacial score (nSPS) is 19.6. The van der Waals surface area contributed by atoms with Gasteiger partial charge in [0.05, 0.1) is 17.8 Å². The lowest BCUT2D eigenvalue weighted by Crippen LogP contribution is -2.46. The average molecular weight is 396 g/mol. The molecule has 1 heterocycles. The van der Waals surface area contributed by atoms with Crippen molar-refractivity contribution in [3.63, 3.8) is 0 Å². The Morgan fingerprint density at radius 3 is 2.28 bits per heavy atom. The van der Waals surface area contributed by atoms with Crippen molar-refractivity contribution >= 4 is 31.5 Å². The number of sulfonamides is 1. The van der Waals surface area contributed by atoms with Gasteiger partial charge < -0.3 is 4.90 Å². The summed E-state index contributed by atoms with van der Waals surface area (Å²) in [5.74, 6) is -3.28. The van der Waals surface area contributed by atoms with E-state index in [-0.39, 0.29) is 17.9 Å². The topological polar surface area (TPSA) is 91.8 Å². The van der Waals surface area contributed by atoms with Gasteiger partial charge in [0.2, 0.25) is 15.9 Å². The number of nitrogens with zero attached hydrogens (tertiary/aromatic N) is 2. The Labute approximate surface area is 145 Å². The highest BCUT2D eigenvalue weighted by Crippen LogP contribution is 2.26. The second-order valence-electron chi connectivity index (χ2n) is 5.90. The molecule has 0 bridgehead atoms. The van der Waals surface area contributed by atoms with E-state index in [9.17, 15) is 30.4 Å². The van der Waals surface area contributed by atoms with Crippen molar-refractivity contribution in [3.8, 4) is 0 Å². The van der Waals surface area contributed by atoms with E-state index >= 15 is 0 Å². The van der Waals surface area contributed by atoms with Crippen LogP contribution < -0.4 is 4.31 Å². The third-order valence-corrected chi connectivity index (χ3v) is 6.88. The van der Waals surface area contributed by atoms with Crippen LogP contribution in [0.3, 0.4) is 0 Å². The van der Waals surface area contributed by atoms with Gasteiger partial charge in [-0.15, -0.1) is 0 Å². The number of likely N-dealkylation sites (N-methyl/N-ethyl adjacent to an activating group) is 1. The number of carbonyl (C=O) groups excluding carboxylic acids is 1. The van der Waals surface area contributed by atoms with Gasteiger partial charge in [-0.25, -0.2) is 25.6 Å². The third kappa shape index (κ3) is 4.46. The van der Waals surface area contributed by atoms with Crippen LogP contribution in [0.2, 0.25) is 0 Å². The van der Waals surface area contributed by atoms with E-state index in [0.717, 1.165) is 29.4 Å². The molecule has 7 nitrogen and oxygen atoms in total. The van der Waals surface area contributed by atoms with Crippen molar-refractivity contribution in [2.45, 2.75) is 12.5 Å². The smallest absolute Gasteiger partial charge is 0.243 e. The van der Waals surface area contributed by atoms with Crippen molar-refractivity contribution in [1.29, 1.82) is 0 Å². The van der Waals surface area contributed by atoms with Gasteiger partial charge in [-0.3, -0.25) is 9.10 Å². The second kappa shape index (κ2) is 6.87. The Bertz CT molecular complexity index is 866. The Balaban J connectivity index is 2.28. The summed E-state index contributed by atoms with van der Waals surface area (Å²) in [7, 11) is -6.05. The molecule has 11 heteroatoms. The number of benzene rings is 1. The Kier molecular flexibility index (Phi) is 5.38. The fourth-order valence-electron chi connectivity index (χ4n) is 2.61. The van der Waals surface area contributed by atoms with Gasteiger partial charge in [0.15, 0.2) is 21.5 Å². The molecule has 0 aliphatic carbocycles. The quantitative estimate of drug-likeness (QED) is 0.717. The summed E-state index contributed by atoms with van der Waals surface area (Å²) in [6, 6.07) is 2.25. The lowest BCUT2D eigenvalue weighted by atomic mass is 10.2. The molecule has 1 amide bonds. The van der Waals surface area contributed by atoms with Crippen LogP contribution in [0.1, 0.15) is 6.42 Å². The van der Waals surface area contributed by atoms with Gasteiger partial charge in [-0.2, -0.15) is 0 Å². The lowest BCUT2D eigenvalue weighted by molar-refractivity contribution is -0.129. The average Bonchev–Trinajstić information content (AvgIpc) is 2.84. The van der Waals surface area contributed by atoms with E-state index in [2.05, 4.69) is 0 Å². The predicted molar refractivity (Wildman–Crippen MR) is 88.4 cm³/mol. The zero-order valence-electron chi connectivity index (χ0n) is 13.6. The van der Waals surface area contributed by atoms with Gasteiger partial charge in [0.25, 0.3) is 0 Å². The van der Waals surface area contributed by atoms with Crippen molar-refractivity contribution in [2.24, 2.45) is 0 Å². The molecule has 0 N–H and O–H groups in total. The minimum absolute atomic E-state index is 0.0625. The first kappa shape index (κ1) is 19.6. The fraction of sp³-hybridized carbons (Fsp3) is 0.500. The molecule has 0 saturated carbocycles. The van der Waals surface area contributed by atoms with Crippen LogP contribution in [0.25, 0.3) is 0 Å². The van der Waals surface area contributed by atoms with Crippen LogP contribution in [0.15, 0.2) is 18.2 Å². The summed E-state index contributed by atoms with van der Waals surface area (Å²) >= 11 is 0. The molecule has 1 aromatic carbocycles. The van der Waals surface area contributed by atoms with Crippen molar-refractivity contribution in [1.82, 2.24) is 4.90 Å². The monoisotopic (exact) mass is 396 g/mol. The molecular weight excluding hydrogens is 378 g/mol. The van der Waals surface area contributed by atoms with E-state index < -0.39 is 55.7 Å². The van der Waals surface area contributed by atoms with Crippen LogP contribution in [-0.4, -0.2) is 65.0 Å². The molecule has 1 aliphatic heterocycles. The molecule has 25 heavy (non-hydrogen) atoms. The number of sulfone groups is 1. The first-order valence-corrected chi connectivity index (χ1v) is 11.0. The molecule has 1 aliphatic rings.